The molecule has 0 saturated carbocycles. The molecule has 3 heterocycles. The lowest BCUT2D eigenvalue weighted by Crippen LogP contribution is -1.85. The summed E-state index contributed by atoms with van der Waals surface area (Å²) in [5.41, 5.74) is 2.90. The maximum atomic E-state index is 4.55. The van der Waals surface area contributed by atoms with Crippen molar-refractivity contribution in [2.45, 2.75) is 0 Å². The van der Waals surface area contributed by atoms with Crippen LogP contribution in [0.2, 0.25) is 0 Å². The molecule has 0 aliphatic heterocycles. The standard InChI is InChI=1S/C12H8N2S/c1-2-7-13-9(3-1)10-4-5-12-11(14-10)6-8-15-12/h1-8H. The van der Waals surface area contributed by atoms with Gasteiger partial charge in [0.05, 0.1) is 21.6 Å². The van der Waals surface area contributed by atoms with E-state index in [1.807, 2.05) is 30.3 Å². The van der Waals surface area contributed by atoms with Crippen molar-refractivity contribution in [1.82, 2.24) is 9.97 Å². The van der Waals surface area contributed by atoms with Crippen molar-refractivity contribution >= 4 is 21.6 Å². The van der Waals surface area contributed by atoms with E-state index in [-0.39, 0.29) is 0 Å². The monoisotopic (exact) mass is 212 g/mol. The molecular formula is C12H8N2S. The van der Waals surface area contributed by atoms with Crippen LogP contribution in [-0.2, 0) is 0 Å². The van der Waals surface area contributed by atoms with E-state index < -0.39 is 0 Å². The summed E-state index contributed by atoms with van der Waals surface area (Å²) in [5.74, 6) is 0. The van der Waals surface area contributed by atoms with Crippen molar-refractivity contribution < 1.29 is 0 Å². The number of nitrogens with zero attached hydrogens (tertiary/aromatic N) is 2. The largest absolute Gasteiger partial charge is 0.255 e. The molecule has 0 unspecified atom stereocenters. The zero-order chi connectivity index (χ0) is 10.1. The molecule has 2 nitrogen and oxygen atoms in total. The van der Waals surface area contributed by atoms with Crippen molar-refractivity contribution in [3.8, 4) is 11.4 Å². The van der Waals surface area contributed by atoms with E-state index in [1.165, 1.54) is 4.70 Å². The van der Waals surface area contributed by atoms with Crippen LogP contribution in [0.15, 0.2) is 48.0 Å². The molecule has 3 heteroatoms. The highest BCUT2D eigenvalue weighted by Crippen LogP contribution is 2.22. The quantitative estimate of drug-likeness (QED) is 0.618. The smallest absolute Gasteiger partial charge is 0.0894 e. The van der Waals surface area contributed by atoms with Gasteiger partial charge in [-0.3, -0.25) is 4.98 Å². The Morgan fingerprint density at radius 2 is 1.93 bits per heavy atom. The van der Waals surface area contributed by atoms with Crippen molar-refractivity contribution in [1.29, 1.82) is 0 Å². The molecule has 72 valence electrons. The number of aromatic nitrogens is 2. The van der Waals surface area contributed by atoms with Gasteiger partial charge in [0.1, 0.15) is 0 Å². The molecule has 3 aromatic heterocycles. The highest BCUT2D eigenvalue weighted by Gasteiger charge is 2.01. The SMILES string of the molecule is c1ccc(-c2ccc3sccc3n2)nc1. The van der Waals surface area contributed by atoms with Crippen molar-refractivity contribution in [2.24, 2.45) is 0 Å². The third-order valence-corrected chi connectivity index (χ3v) is 3.11. The lowest BCUT2D eigenvalue weighted by Gasteiger charge is -1.98. The Morgan fingerprint density at radius 3 is 2.80 bits per heavy atom. The number of thiophene rings is 1. The second-order valence-corrected chi connectivity index (χ2v) is 4.16. The number of pyridine rings is 2. The van der Waals surface area contributed by atoms with Gasteiger partial charge in [-0.25, -0.2) is 4.98 Å². The maximum Gasteiger partial charge on any atom is 0.0894 e. The summed E-state index contributed by atoms with van der Waals surface area (Å²) in [6.45, 7) is 0. The maximum absolute atomic E-state index is 4.55. The summed E-state index contributed by atoms with van der Waals surface area (Å²) in [5, 5.41) is 2.06. The lowest BCUT2D eigenvalue weighted by atomic mass is 10.2. The minimum Gasteiger partial charge on any atom is -0.255 e. The molecule has 0 aliphatic rings. The van der Waals surface area contributed by atoms with Gasteiger partial charge in [-0.15, -0.1) is 11.3 Å². The van der Waals surface area contributed by atoms with Crippen molar-refractivity contribution in [3.63, 3.8) is 0 Å². The van der Waals surface area contributed by atoms with E-state index in [0.29, 0.717) is 0 Å². The Labute approximate surface area is 91.2 Å². The lowest BCUT2D eigenvalue weighted by molar-refractivity contribution is 1.28. The highest BCUT2D eigenvalue weighted by molar-refractivity contribution is 7.17. The summed E-state index contributed by atoms with van der Waals surface area (Å²) < 4.78 is 1.22. The number of hydrogen-bond acceptors (Lipinski definition) is 3. The molecule has 0 saturated heterocycles. The molecule has 0 bridgehead atoms. The number of rotatable bonds is 1. The molecule has 0 spiro atoms. The second kappa shape index (κ2) is 3.44. The van der Waals surface area contributed by atoms with Crippen molar-refractivity contribution in [3.05, 3.63) is 48.0 Å². The normalized spacial score (nSPS) is 10.7. The van der Waals surface area contributed by atoms with E-state index >= 15 is 0 Å². The topological polar surface area (TPSA) is 25.8 Å². The summed E-state index contributed by atoms with van der Waals surface area (Å²) in [6, 6.07) is 12.0. The fourth-order valence-electron chi connectivity index (χ4n) is 1.51. The fourth-order valence-corrected chi connectivity index (χ4v) is 2.23. The van der Waals surface area contributed by atoms with E-state index in [1.54, 1.807) is 17.5 Å². The van der Waals surface area contributed by atoms with Crippen LogP contribution in [0, 0.1) is 0 Å². The molecule has 0 aromatic carbocycles. The van der Waals surface area contributed by atoms with E-state index in [2.05, 4.69) is 21.4 Å². The summed E-state index contributed by atoms with van der Waals surface area (Å²) >= 11 is 1.71. The first kappa shape index (κ1) is 8.56. The number of fused-ring (bicyclic) bond motifs is 1. The second-order valence-electron chi connectivity index (χ2n) is 3.22. The van der Waals surface area contributed by atoms with Gasteiger partial charge in [0.2, 0.25) is 0 Å². The average Bonchev–Trinajstić information content (AvgIpc) is 2.77. The Bertz CT molecular complexity index is 587. The minimum absolute atomic E-state index is 0.922. The summed E-state index contributed by atoms with van der Waals surface area (Å²) in [6.07, 6.45) is 1.79. The molecule has 3 aromatic rings. The van der Waals surface area contributed by atoms with E-state index in [4.69, 9.17) is 0 Å². The predicted molar refractivity (Wildman–Crippen MR) is 62.9 cm³/mol. The van der Waals surface area contributed by atoms with Crippen LogP contribution in [0.4, 0.5) is 0 Å². The zero-order valence-corrected chi connectivity index (χ0v) is 8.74. The van der Waals surface area contributed by atoms with Crippen LogP contribution in [0.3, 0.4) is 0 Å². The van der Waals surface area contributed by atoms with Gasteiger partial charge in [-0.1, -0.05) is 6.07 Å². The Hall–Kier alpha value is -1.74. The van der Waals surface area contributed by atoms with Crippen LogP contribution in [0.25, 0.3) is 21.6 Å². The van der Waals surface area contributed by atoms with Gasteiger partial charge in [0.15, 0.2) is 0 Å². The average molecular weight is 212 g/mol. The molecule has 15 heavy (non-hydrogen) atoms. The van der Waals surface area contributed by atoms with Crippen LogP contribution in [0.5, 0.6) is 0 Å². The molecule has 0 radical (unpaired) electrons. The van der Waals surface area contributed by atoms with Crippen molar-refractivity contribution in [2.75, 3.05) is 0 Å². The number of hydrogen-bond donors (Lipinski definition) is 0. The van der Waals surface area contributed by atoms with Crippen LogP contribution >= 0.6 is 11.3 Å². The first-order valence-corrected chi connectivity index (χ1v) is 5.57. The summed E-state index contributed by atoms with van der Waals surface area (Å²) in [7, 11) is 0. The van der Waals surface area contributed by atoms with E-state index in [9.17, 15) is 0 Å². The molecule has 0 fully saturated rings. The molecule has 0 atom stereocenters. The van der Waals surface area contributed by atoms with Crippen LogP contribution in [-0.4, -0.2) is 9.97 Å². The zero-order valence-electron chi connectivity index (χ0n) is 7.92. The third-order valence-electron chi connectivity index (χ3n) is 2.23. The van der Waals surface area contributed by atoms with Crippen LogP contribution in [0.1, 0.15) is 0 Å². The van der Waals surface area contributed by atoms with Crippen LogP contribution < -0.4 is 0 Å². The molecule has 0 aliphatic carbocycles. The Kier molecular flexibility index (Phi) is 1.96. The fraction of sp³-hybridized carbons (Fsp3) is 0. The van der Waals surface area contributed by atoms with Gasteiger partial charge in [0, 0.05) is 6.20 Å². The van der Waals surface area contributed by atoms with Gasteiger partial charge in [0.25, 0.3) is 0 Å². The molecule has 0 N–H and O–H groups in total. The van der Waals surface area contributed by atoms with Gasteiger partial charge in [-0.05, 0) is 35.7 Å². The van der Waals surface area contributed by atoms with E-state index in [0.717, 1.165) is 16.9 Å². The first-order valence-electron chi connectivity index (χ1n) is 4.69. The third kappa shape index (κ3) is 1.51. The highest BCUT2D eigenvalue weighted by atomic mass is 32.1. The first-order chi connectivity index (χ1) is 7.43. The Balaban J connectivity index is 2.19. The van der Waals surface area contributed by atoms with Gasteiger partial charge >= 0.3 is 0 Å². The predicted octanol–water partition coefficient (Wildman–Crippen LogP) is 3.36. The van der Waals surface area contributed by atoms with Gasteiger partial charge in [-0.2, -0.15) is 0 Å². The van der Waals surface area contributed by atoms with Gasteiger partial charge < -0.3 is 0 Å². The summed E-state index contributed by atoms with van der Waals surface area (Å²) in [4.78, 5) is 8.83. The molecule has 3 rings (SSSR count). The molecule has 0 amide bonds. The minimum atomic E-state index is 0.922. The molecular weight excluding hydrogens is 204 g/mol. The Morgan fingerprint density at radius 1 is 0.933 bits per heavy atom.